The van der Waals surface area contributed by atoms with Crippen molar-refractivity contribution in [1.29, 1.82) is 0 Å². The second kappa shape index (κ2) is 8.10. The van der Waals surface area contributed by atoms with Crippen molar-refractivity contribution in [3.05, 3.63) is 65.7 Å². The van der Waals surface area contributed by atoms with E-state index in [0.717, 1.165) is 22.3 Å². The molecule has 0 spiro atoms. The molecule has 4 rings (SSSR count). The van der Waals surface area contributed by atoms with Crippen LogP contribution in [0.1, 0.15) is 56.0 Å². The summed E-state index contributed by atoms with van der Waals surface area (Å²) in [5.74, 6) is 2.82. The summed E-state index contributed by atoms with van der Waals surface area (Å²) >= 11 is 1.53. The van der Waals surface area contributed by atoms with E-state index in [4.69, 9.17) is 8.94 Å². The topological polar surface area (TPSA) is 82.8 Å². The van der Waals surface area contributed by atoms with Crippen LogP contribution in [0.2, 0.25) is 0 Å². The van der Waals surface area contributed by atoms with Crippen molar-refractivity contribution in [3.8, 4) is 11.4 Å². The van der Waals surface area contributed by atoms with Gasteiger partial charge in [-0.2, -0.15) is 4.98 Å². The van der Waals surface area contributed by atoms with Gasteiger partial charge in [0, 0.05) is 5.56 Å². The maximum Gasteiger partial charge on any atom is 0.239 e. The third-order valence-electron chi connectivity index (χ3n) is 4.79. The molecule has 30 heavy (non-hydrogen) atoms. The van der Waals surface area contributed by atoms with Gasteiger partial charge in [0.25, 0.3) is 0 Å². The van der Waals surface area contributed by atoms with Gasteiger partial charge in [0.2, 0.25) is 5.89 Å². The Labute approximate surface area is 179 Å². The molecule has 1 aromatic carbocycles. The van der Waals surface area contributed by atoms with Gasteiger partial charge in [-0.3, -0.25) is 4.57 Å². The fraction of sp³-hybridized carbons (Fsp3) is 0.364. The van der Waals surface area contributed by atoms with Crippen molar-refractivity contribution in [2.75, 3.05) is 0 Å². The summed E-state index contributed by atoms with van der Waals surface area (Å²) in [5.41, 5.74) is 2.38. The minimum Gasteiger partial charge on any atom is -0.467 e. The van der Waals surface area contributed by atoms with E-state index in [1.165, 1.54) is 17.3 Å². The van der Waals surface area contributed by atoms with Crippen LogP contribution in [0.25, 0.3) is 11.4 Å². The molecule has 4 aromatic rings. The first-order valence-corrected chi connectivity index (χ1v) is 10.7. The Morgan fingerprint density at radius 3 is 2.47 bits per heavy atom. The van der Waals surface area contributed by atoms with E-state index in [9.17, 15) is 0 Å². The zero-order chi connectivity index (χ0) is 21.3. The predicted molar refractivity (Wildman–Crippen MR) is 115 cm³/mol. The van der Waals surface area contributed by atoms with E-state index < -0.39 is 0 Å². The van der Waals surface area contributed by atoms with Crippen molar-refractivity contribution in [2.24, 2.45) is 0 Å². The predicted octanol–water partition coefficient (Wildman–Crippen LogP) is 5.43. The molecule has 0 saturated heterocycles. The first kappa shape index (κ1) is 20.4. The molecular formula is C22H25N5O2S. The smallest absolute Gasteiger partial charge is 0.239 e. The molecule has 7 nitrogen and oxygen atoms in total. The summed E-state index contributed by atoms with van der Waals surface area (Å²) in [6.45, 7) is 11.0. The fourth-order valence-electron chi connectivity index (χ4n) is 3.10. The molecule has 0 fully saturated rings. The highest BCUT2D eigenvalue weighted by Gasteiger charge is 2.22. The monoisotopic (exact) mass is 423 g/mol. The van der Waals surface area contributed by atoms with Crippen LogP contribution in [0.5, 0.6) is 0 Å². The van der Waals surface area contributed by atoms with Gasteiger partial charge in [-0.05, 0) is 37.0 Å². The van der Waals surface area contributed by atoms with Gasteiger partial charge in [0.15, 0.2) is 16.8 Å². The van der Waals surface area contributed by atoms with Crippen LogP contribution in [0.3, 0.4) is 0 Å². The summed E-state index contributed by atoms with van der Waals surface area (Å²) in [6.07, 6.45) is 1.67. The van der Waals surface area contributed by atoms with Gasteiger partial charge in [-0.1, -0.05) is 62.0 Å². The van der Waals surface area contributed by atoms with E-state index in [0.29, 0.717) is 18.3 Å². The van der Waals surface area contributed by atoms with Gasteiger partial charge < -0.3 is 8.94 Å². The van der Waals surface area contributed by atoms with Crippen molar-refractivity contribution in [1.82, 2.24) is 24.9 Å². The summed E-state index contributed by atoms with van der Waals surface area (Å²) in [5, 5.41) is 13.6. The molecule has 0 N–H and O–H groups in total. The van der Waals surface area contributed by atoms with Crippen molar-refractivity contribution < 1.29 is 8.94 Å². The molecule has 0 aliphatic carbocycles. The zero-order valence-corrected chi connectivity index (χ0v) is 18.6. The Hall–Kier alpha value is -2.87. The number of benzene rings is 1. The van der Waals surface area contributed by atoms with E-state index >= 15 is 0 Å². The lowest BCUT2D eigenvalue weighted by atomic mass is 9.87. The normalized spacial score (nSPS) is 13.0. The highest BCUT2D eigenvalue weighted by Crippen LogP contribution is 2.35. The van der Waals surface area contributed by atoms with E-state index in [1.807, 2.05) is 26.0 Å². The molecule has 0 saturated carbocycles. The SMILES string of the molecule is Cc1noc([C@H](C)Sc2nnc(-c3ccc(C(C)(C)C)cc3)n2Cc2ccco2)n1. The molecule has 0 amide bonds. The van der Waals surface area contributed by atoms with Crippen LogP contribution in [0, 0.1) is 6.92 Å². The number of nitrogens with zero attached hydrogens (tertiary/aromatic N) is 5. The second-order valence-electron chi connectivity index (χ2n) is 8.24. The number of hydrogen-bond acceptors (Lipinski definition) is 7. The van der Waals surface area contributed by atoms with E-state index in [2.05, 4.69) is 69.9 Å². The Morgan fingerprint density at radius 1 is 1.10 bits per heavy atom. The summed E-state index contributed by atoms with van der Waals surface area (Å²) in [7, 11) is 0. The number of aryl methyl sites for hydroxylation is 1. The molecular weight excluding hydrogens is 398 g/mol. The molecule has 0 radical (unpaired) electrons. The van der Waals surface area contributed by atoms with E-state index in [-0.39, 0.29) is 10.7 Å². The molecule has 0 bridgehead atoms. The lowest BCUT2D eigenvalue weighted by Gasteiger charge is -2.19. The average Bonchev–Trinajstić information content (AvgIpc) is 3.44. The fourth-order valence-corrected chi connectivity index (χ4v) is 3.98. The second-order valence-corrected chi connectivity index (χ2v) is 9.55. The first-order valence-electron chi connectivity index (χ1n) is 9.84. The minimum atomic E-state index is -0.0538. The largest absolute Gasteiger partial charge is 0.467 e. The van der Waals surface area contributed by atoms with Crippen LogP contribution in [0.15, 0.2) is 56.8 Å². The molecule has 0 aliphatic rings. The lowest BCUT2D eigenvalue weighted by Crippen LogP contribution is -2.10. The number of hydrogen-bond donors (Lipinski definition) is 0. The molecule has 3 aromatic heterocycles. The Bertz CT molecular complexity index is 1110. The number of rotatable bonds is 6. The molecule has 156 valence electrons. The number of thioether (sulfide) groups is 1. The van der Waals surface area contributed by atoms with E-state index in [1.54, 1.807) is 6.26 Å². The van der Waals surface area contributed by atoms with Crippen LogP contribution in [0.4, 0.5) is 0 Å². The van der Waals surface area contributed by atoms with Crippen molar-refractivity contribution >= 4 is 11.8 Å². The van der Waals surface area contributed by atoms with Gasteiger partial charge in [-0.25, -0.2) is 0 Å². The molecule has 3 heterocycles. The molecule has 0 aliphatic heterocycles. The van der Waals surface area contributed by atoms with Gasteiger partial charge >= 0.3 is 0 Å². The van der Waals surface area contributed by atoms with Crippen LogP contribution in [-0.4, -0.2) is 24.9 Å². The van der Waals surface area contributed by atoms with Crippen molar-refractivity contribution in [2.45, 2.75) is 57.0 Å². The van der Waals surface area contributed by atoms with Crippen molar-refractivity contribution in [3.63, 3.8) is 0 Å². The number of aromatic nitrogens is 5. The van der Waals surface area contributed by atoms with Crippen LogP contribution >= 0.6 is 11.8 Å². The number of furan rings is 1. The molecule has 1 atom stereocenters. The van der Waals surface area contributed by atoms with Gasteiger partial charge in [-0.15, -0.1) is 10.2 Å². The summed E-state index contributed by atoms with van der Waals surface area (Å²) < 4.78 is 13.0. The summed E-state index contributed by atoms with van der Waals surface area (Å²) in [6, 6.07) is 12.3. The first-order chi connectivity index (χ1) is 14.3. The summed E-state index contributed by atoms with van der Waals surface area (Å²) in [4.78, 5) is 4.34. The standard InChI is InChI=1S/C22H25N5O2S/c1-14(20-23-15(2)26-29-20)30-21-25-24-19(27(21)13-18-7-6-12-28-18)16-8-10-17(11-9-16)22(3,4)5/h6-12,14H,13H2,1-5H3/t14-/m0/s1. The maximum atomic E-state index is 5.58. The van der Waals surface area contributed by atoms with Crippen LogP contribution < -0.4 is 0 Å². The Morgan fingerprint density at radius 2 is 1.87 bits per heavy atom. The highest BCUT2D eigenvalue weighted by molar-refractivity contribution is 7.99. The Kier molecular flexibility index (Phi) is 5.51. The molecule has 8 heteroatoms. The van der Waals surface area contributed by atoms with Crippen LogP contribution in [-0.2, 0) is 12.0 Å². The molecule has 0 unspecified atom stereocenters. The highest BCUT2D eigenvalue weighted by atomic mass is 32.2. The Balaban J connectivity index is 1.68. The minimum absolute atomic E-state index is 0.0538. The quantitative estimate of drug-likeness (QED) is 0.382. The third kappa shape index (κ3) is 4.33. The van der Waals surface area contributed by atoms with Gasteiger partial charge in [0.05, 0.1) is 18.1 Å². The maximum absolute atomic E-state index is 5.58. The lowest BCUT2D eigenvalue weighted by molar-refractivity contribution is 0.376. The van der Waals surface area contributed by atoms with Gasteiger partial charge in [0.1, 0.15) is 5.76 Å². The third-order valence-corrected chi connectivity index (χ3v) is 5.86. The average molecular weight is 424 g/mol. The zero-order valence-electron chi connectivity index (χ0n) is 17.8.